The van der Waals surface area contributed by atoms with Gasteiger partial charge in [0.15, 0.2) is 5.13 Å². The highest BCUT2D eigenvalue weighted by atomic mass is 79.9. The first kappa shape index (κ1) is 21.5. The second kappa shape index (κ2) is 9.67. The summed E-state index contributed by atoms with van der Waals surface area (Å²) in [6.45, 7) is 5.04. The first-order chi connectivity index (χ1) is 15.7. The maximum absolute atomic E-state index is 13.8. The number of nitrogens with zero attached hydrogens (tertiary/aromatic N) is 3. The van der Waals surface area contributed by atoms with Gasteiger partial charge in [-0.15, -0.1) is 0 Å². The van der Waals surface area contributed by atoms with E-state index >= 15 is 0 Å². The standard InChI is InChI=1S/C25H24BrN3O2S/c26-19-9-10-22-23(17-19)32-25(27-22)29(12-4-11-28-13-15-31-16-14-28)24(30)21-8-3-6-18-5-1-2-7-20(18)21/h1-3,5-10,17H,4,11-16H2. The van der Waals surface area contributed by atoms with Crippen molar-refractivity contribution in [2.75, 3.05) is 44.3 Å². The van der Waals surface area contributed by atoms with Crippen molar-refractivity contribution < 1.29 is 9.53 Å². The number of halogens is 1. The Morgan fingerprint density at radius 3 is 2.78 bits per heavy atom. The monoisotopic (exact) mass is 509 g/mol. The molecular formula is C25H24BrN3O2S. The zero-order valence-electron chi connectivity index (χ0n) is 17.7. The molecule has 0 atom stereocenters. The largest absolute Gasteiger partial charge is 0.379 e. The molecule has 164 valence electrons. The molecule has 0 spiro atoms. The molecule has 1 amide bonds. The number of carbonyl (C=O) groups is 1. The molecule has 5 nitrogen and oxygen atoms in total. The topological polar surface area (TPSA) is 45.7 Å². The number of hydrogen-bond acceptors (Lipinski definition) is 5. The van der Waals surface area contributed by atoms with Gasteiger partial charge >= 0.3 is 0 Å². The number of hydrogen-bond donors (Lipinski definition) is 0. The van der Waals surface area contributed by atoms with Crippen molar-refractivity contribution in [3.63, 3.8) is 0 Å². The van der Waals surface area contributed by atoms with Crippen LogP contribution in [0.4, 0.5) is 5.13 Å². The molecule has 3 aromatic carbocycles. The molecule has 5 rings (SSSR count). The molecule has 1 aliphatic heterocycles. The van der Waals surface area contributed by atoms with E-state index in [-0.39, 0.29) is 5.91 Å². The molecule has 1 aliphatic rings. The highest BCUT2D eigenvalue weighted by Gasteiger charge is 2.23. The van der Waals surface area contributed by atoms with Crippen LogP contribution < -0.4 is 4.90 Å². The molecule has 0 unspecified atom stereocenters. The Kier molecular flexibility index (Phi) is 6.50. The third kappa shape index (κ3) is 4.57. The third-order valence-electron chi connectivity index (χ3n) is 5.80. The second-order valence-corrected chi connectivity index (χ2v) is 9.82. The number of anilines is 1. The predicted octanol–water partition coefficient (Wildman–Crippen LogP) is 5.58. The van der Waals surface area contributed by atoms with Crippen LogP contribution in [0.15, 0.2) is 65.1 Å². The Balaban J connectivity index is 1.46. The molecule has 4 aromatic rings. The van der Waals surface area contributed by atoms with Gasteiger partial charge < -0.3 is 4.74 Å². The van der Waals surface area contributed by atoms with Crippen molar-refractivity contribution in [3.8, 4) is 0 Å². The van der Waals surface area contributed by atoms with Crippen molar-refractivity contribution in [1.82, 2.24) is 9.88 Å². The number of benzene rings is 3. The van der Waals surface area contributed by atoms with Crippen LogP contribution in [0.25, 0.3) is 21.0 Å². The quantitative estimate of drug-likeness (QED) is 0.340. The van der Waals surface area contributed by atoms with E-state index < -0.39 is 0 Å². The summed E-state index contributed by atoms with van der Waals surface area (Å²) in [5.74, 6) is 0.00176. The maximum Gasteiger partial charge on any atom is 0.260 e. The maximum atomic E-state index is 13.8. The Labute approximate surface area is 199 Å². The minimum Gasteiger partial charge on any atom is -0.379 e. The summed E-state index contributed by atoms with van der Waals surface area (Å²) in [7, 11) is 0. The van der Waals surface area contributed by atoms with Gasteiger partial charge in [-0.2, -0.15) is 0 Å². The summed E-state index contributed by atoms with van der Waals surface area (Å²) in [5.41, 5.74) is 1.63. The summed E-state index contributed by atoms with van der Waals surface area (Å²) < 4.78 is 7.54. The van der Waals surface area contributed by atoms with Gasteiger partial charge in [-0.3, -0.25) is 14.6 Å². The van der Waals surface area contributed by atoms with E-state index in [0.29, 0.717) is 6.54 Å². The first-order valence-corrected chi connectivity index (χ1v) is 12.5. The van der Waals surface area contributed by atoms with Crippen LogP contribution >= 0.6 is 27.3 Å². The summed E-state index contributed by atoms with van der Waals surface area (Å²) in [6, 6.07) is 20.0. The van der Waals surface area contributed by atoms with Crippen molar-refractivity contribution in [3.05, 3.63) is 70.7 Å². The number of rotatable bonds is 6. The van der Waals surface area contributed by atoms with E-state index in [1.54, 1.807) is 11.3 Å². The van der Waals surface area contributed by atoms with Gasteiger partial charge in [0.25, 0.3) is 5.91 Å². The molecule has 1 fully saturated rings. The van der Waals surface area contributed by atoms with Crippen LogP contribution in [0.3, 0.4) is 0 Å². The molecule has 0 radical (unpaired) electrons. The third-order valence-corrected chi connectivity index (χ3v) is 7.33. The smallest absolute Gasteiger partial charge is 0.260 e. The molecule has 0 aliphatic carbocycles. The molecule has 2 heterocycles. The SMILES string of the molecule is O=C(c1cccc2ccccc12)N(CCCN1CCOCC1)c1nc2ccc(Br)cc2s1. The molecule has 1 saturated heterocycles. The van der Waals surface area contributed by atoms with Crippen LogP contribution in [-0.4, -0.2) is 55.2 Å². The van der Waals surface area contributed by atoms with Gasteiger partial charge in [-0.05, 0) is 41.5 Å². The Morgan fingerprint density at radius 1 is 1.09 bits per heavy atom. The molecule has 0 saturated carbocycles. The number of carbonyl (C=O) groups excluding carboxylic acids is 1. The van der Waals surface area contributed by atoms with Gasteiger partial charge in [-0.1, -0.05) is 63.7 Å². The fourth-order valence-corrected chi connectivity index (χ4v) is 5.66. The van der Waals surface area contributed by atoms with E-state index in [0.717, 1.165) is 75.4 Å². The fraction of sp³-hybridized carbons (Fsp3) is 0.280. The molecule has 0 N–H and O–H groups in total. The van der Waals surface area contributed by atoms with Crippen molar-refractivity contribution in [2.24, 2.45) is 0 Å². The van der Waals surface area contributed by atoms with Gasteiger partial charge in [0.05, 0.1) is 23.4 Å². The number of aromatic nitrogens is 1. The highest BCUT2D eigenvalue weighted by molar-refractivity contribution is 9.10. The first-order valence-electron chi connectivity index (χ1n) is 10.8. The normalized spacial score (nSPS) is 14.8. The molecular weight excluding hydrogens is 486 g/mol. The van der Waals surface area contributed by atoms with E-state index in [4.69, 9.17) is 9.72 Å². The number of morpholine rings is 1. The Hall–Kier alpha value is -2.32. The lowest BCUT2D eigenvalue weighted by molar-refractivity contribution is 0.0376. The van der Waals surface area contributed by atoms with Crippen LogP contribution in [0, 0.1) is 0 Å². The highest BCUT2D eigenvalue weighted by Crippen LogP contribution is 2.32. The van der Waals surface area contributed by atoms with Crippen LogP contribution in [0.5, 0.6) is 0 Å². The number of amides is 1. The number of ether oxygens (including phenoxy) is 1. The summed E-state index contributed by atoms with van der Waals surface area (Å²) in [4.78, 5) is 22.9. The molecule has 1 aromatic heterocycles. The lowest BCUT2D eigenvalue weighted by Gasteiger charge is -2.28. The average molecular weight is 510 g/mol. The van der Waals surface area contributed by atoms with Gasteiger partial charge in [0.2, 0.25) is 0 Å². The van der Waals surface area contributed by atoms with E-state index in [2.05, 4.69) is 26.9 Å². The summed E-state index contributed by atoms with van der Waals surface area (Å²) >= 11 is 5.10. The lowest BCUT2D eigenvalue weighted by Crippen LogP contribution is -2.39. The van der Waals surface area contributed by atoms with E-state index in [1.165, 1.54) is 0 Å². The van der Waals surface area contributed by atoms with Crippen LogP contribution in [0.1, 0.15) is 16.8 Å². The zero-order valence-corrected chi connectivity index (χ0v) is 20.1. The lowest BCUT2D eigenvalue weighted by atomic mass is 10.0. The van der Waals surface area contributed by atoms with E-state index in [1.807, 2.05) is 59.5 Å². The van der Waals surface area contributed by atoms with Crippen molar-refractivity contribution in [1.29, 1.82) is 0 Å². The Morgan fingerprint density at radius 2 is 1.91 bits per heavy atom. The second-order valence-electron chi connectivity index (χ2n) is 7.90. The molecule has 7 heteroatoms. The van der Waals surface area contributed by atoms with Gasteiger partial charge in [0.1, 0.15) is 0 Å². The Bertz CT molecular complexity index is 1250. The van der Waals surface area contributed by atoms with Gasteiger partial charge in [0, 0.05) is 36.2 Å². The predicted molar refractivity (Wildman–Crippen MR) is 135 cm³/mol. The van der Waals surface area contributed by atoms with Crippen molar-refractivity contribution >= 4 is 59.3 Å². The van der Waals surface area contributed by atoms with Crippen LogP contribution in [-0.2, 0) is 4.74 Å². The molecule has 0 bridgehead atoms. The van der Waals surface area contributed by atoms with Crippen molar-refractivity contribution in [2.45, 2.75) is 6.42 Å². The number of thiazole rings is 1. The average Bonchev–Trinajstić information content (AvgIpc) is 3.24. The summed E-state index contributed by atoms with van der Waals surface area (Å²) in [5, 5.41) is 2.79. The van der Waals surface area contributed by atoms with Crippen LogP contribution in [0.2, 0.25) is 0 Å². The van der Waals surface area contributed by atoms with E-state index in [9.17, 15) is 4.79 Å². The minimum atomic E-state index is 0.00176. The fourth-order valence-electron chi connectivity index (χ4n) is 4.12. The zero-order chi connectivity index (χ0) is 21.9. The summed E-state index contributed by atoms with van der Waals surface area (Å²) in [6.07, 6.45) is 0.885. The minimum absolute atomic E-state index is 0.00176. The number of fused-ring (bicyclic) bond motifs is 2. The molecule has 32 heavy (non-hydrogen) atoms. The van der Waals surface area contributed by atoms with Gasteiger partial charge in [-0.25, -0.2) is 4.98 Å².